The molecule has 2 rings (SSSR count). The van der Waals surface area contributed by atoms with Crippen molar-refractivity contribution in [2.45, 2.75) is 6.10 Å². The van der Waals surface area contributed by atoms with Crippen LogP contribution in [0.15, 0.2) is 46.9 Å². The fourth-order valence-electron chi connectivity index (χ4n) is 1.65. The smallest absolute Gasteiger partial charge is 0.121 e. The topological polar surface area (TPSA) is 41.5 Å². The van der Waals surface area contributed by atoms with E-state index in [2.05, 4.69) is 21.2 Å². The van der Waals surface area contributed by atoms with Crippen LogP contribution in [0.1, 0.15) is 0 Å². The van der Waals surface area contributed by atoms with E-state index in [4.69, 9.17) is 27.9 Å². The second-order valence-electron chi connectivity index (χ2n) is 4.43. The molecule has 112 valence electrons. The summed E-state index contributed by atoms with van der Waals surface area (Å²) >= 11 is 15.1. The van der Waals surface area contributed by atoms with Gasteiger partial charge in [0.25, 0.3) is 0 Å². The zero-order valence-electron chi connectivity index (χ0n) is 11.0. The molecule has 3 nitrogen and oxygen atoms in total. The van der Waals surface area contributed by atoms with E-state index < -0.39 is 6.10 Å². The van der Waals surface area contributed by atoms with Crippen LogP contribution in [0, 0.1) is 0 Å². The molecule has 6 heteroatoms. The summed E-state index contributed by atoms with van der Waals surface area (Å²) in [4.78, 5) is 0. The molecule has 0 aliphatic carbocycles. The Morgan fingerprint density at radius 2 is 1.95 bits per heavy atom. The van der Waals surface area contributed by atoms with Crippen molar-refractivity contribution in [3.8, 4) is 5.75 Å². The summed E-state index contributed by atoms with van der Waals surface area (Å²) in [6.45, 7) is 0.552. The second kappa shape index (κ2) is 7.90. The minimum Gasteiger partial charge on any atom is -0.491 e. The minimum atomic E-state index is -0.640. The number of aliphatic hydroxyl groups is 1. The lowest BCUT2D eigenvalue weighted by Gasteiger charge is -2.14. The van der Waals surface area contributed by atoms with Gasteiger partial charge in [-0.15, -0.1) is 0 Å². The maximum absolute atomic E-state index is 9.91. The molecule has 0 radical (unpaired) electrons. The molecule has 2 N–H and O–H groups in total. The Bertz CT molecular complexity index is 610. The first-order valence-corrected chi connectivity index (χ1v) is 7.85. The summed E-state index contributed by atoms with van der Waals surface area (Å²) in [5, 5.41) is 13.9. The van der Waals surface area contributed by atoms with Crippen LogP contribution < -0.4 is 10.1 Å². The first-order chi connectivity index (χ1) is 10.0. The summed E-state index contributed by atoms with van der Waals surface area (Å²) in [5.74, 6) is 0.575. The molecular formula is C15H14BrCl2NO2. The quantitative estimate of drug-likeness (QED) is 0.756. The Balaban J connectivity index is 1.79. The predicted octanol–water partition coefficient (Wildman–Crippen LogP) is 4.61. The van der Waals surface area contributed by atoms with Crippen molar-refractivity contribution in [2.24, 2.45) is 0 Å². The fraction of sp³-hybridized carbons (Fsp3) is 0.200. The van der Waals surface area contributed by atoms with Gasteiger partial charge < -0.3 is 15.2 Å². The predicted molar refractivity (Wildman–Crippen MR) is 90.6 cm³/mol. The van der Waals surface area contributed by atoms with Crippen molar-refractivity contribution >= 4 is 44.8 Å². The first kappa shape index (κ1) is 16.4. The molecule has 0 saturated carbocycles. The van der Waals surface area contributed by atoms with E-state index in [0.717, 1.165) is 10.2 Å². The molecule has 1 unspecified atom stereocenters. The third kappa shape index (κ3) is 5.40. The van der Waals surface area contributed by atoms with Crippen molar-refractivity contribution in [1.82, 2.24) is 0 Å². The van der Waals surface area contributed by atoms with E-state index in [1.165, 1.54) is 0 Å². The molecule has 0 aromatic heterocycles. The molecule has 0 amide bonds. The average molecular weight is 391 g/mol. The highest BCUT2D eigenvalue weighted by molar-refractivity contribution is 9.10. The third-order valence-corrected chi connectivity index (χ3v) is 3.93. The van der Waals surface area contributed by atoms with Gasteiger partial charge in [-0.2, -0.15) is 0 Å². The Kier molecular flexibility index (Phi) is 6.18. The lowest BCUT2D eigenvalue weighted by atomic mass is 10.3. The zero-order chi connectivity index (χ0) is 15.2. The number of hydrogen-bond donors (Lipinski definition) is 2. The van der Waals surface area contributed by atoms with E-state index in [-0.39, 0.29) is 6.61 Å². The third-order valence-electron chi connectivity index (χ3n) is 2.70. The Hall–Kier alpha value is -0.940. The number of anilines is 1. The standard InChI is InChI=1S/C15H14BrCl2NO2/c16-10-2-1-3-11(6-10)19-8-12(20)9-21-13-4-5-14(17)15(18)7-13/h1-7,12,19-20H,8-9H2. The number of halogens is 3. The minimum absolute atomic E-state index is 0.166. The number of rotatable bonds is 6. The van der Waals surface area contributed by atoms with Gasteiger partial charge in [0.1, 0.15) is 18.5 Å². The summed E-state index contributed by atoms with van der Waals surface area (Å²) in [6.07, 6.45) is -0.640. The maximum Gasteiger partial charge on any atom is 0.121 e. The van der Waals surface area contributed by atoms with Crippen LogP contribution in [-0.2, 0) is 0 Å². The number of ether oxygens (including phenoxy) is 1. The summed E-state index contributed by atoms with van der Waals surface area (Å²) in [6, 6.07) is 12.7. The van der Waals surface area contributed by atoms with Gasteiger partial charge in [-0.1, -0.05) is 45.2 Å². The largest absolute Gasteiger partial charge is 0.491 e. The summed E-state index contributed by atoms with van der Waals surface area (Å²) in [7, 11) is 0. The Morgan fingerprint density at radius 1 is 1.14 bits per heavy atom. The normalized spacial score (nSPS) is 12.0. The van der Waals surface area contributed by atoms with Crippen LogP contribution in [0.2, 0.25) is 10.0 Å². The van der Waals surface area contributed by atoms with Crippen LogP contribution in [0.4, 0.5) is 5.69 Å². The summed E-state index contributed by atoms with van der Waals surface area (Å²) < 4.78 is 6.45. The monoisotopic (exact) mass is 389 g/mol. The van der Waals surface area contributed by atoms with Gasteiger partial charge in [0.15, 0.2) is 0 Å². The number of nitrogens with one attached hydrogen (secondary N) is 1. The van der Waals surface area contributed by atoms with Gasteiger partial charge in [-0.3, -0.25) is 0 Å². The van der Waals surface area contributed by atoms with Crippen molar-refractivity contribution in [1.29, 1.82) is 0 Å². The van der Waals surface area contributed by atoms with Gasteiger partial charge in [0, 0.05) is 22.8 Å². The molecule has 1 atom stereocenters. The number of benzene rings is 2. The molecule has 0 saturated heterocycles. The number of hydrogen-bond acceptors (Lipinski definition) is 3. The van der Waals surface area contributed by atoms with Gasteiger partial charge >= 0.3 is 0 Å². The van der Waals surface area contributed by atoms with Gasteiger partial charge in [-0.25, -0.2) is 0 Å². The highest BCUT2D eigenvalue weighted by atomic mass is 79.9. The molecule has 0 fully saturated rings. The first-order valence-electron chi connectivity index (χ1n) is 6.30. The maximum atomic E-state index is 9.91. The van der Waals surface area contributed by atoms with Gasteiger partial charge in [0.05, 0.1) is 10.0 Å². The molecular weight excluding hydrogens is 377 g/mol. The van der Waals surface area contributed by atoms with Crippen molar-refractivity contribution in [3.63, 3.8) is 0 Å². The molecule has 0 spiro atoms. The molecule has 0 aliphatic rings. The van der Waals surface area contributed by atoms with E-state index in [0.29, 0.717) is 22.3 Å². The highest BCUT2D eigenvalue weighted by Gasteiger charge is 2.07. The van der Waals surface area contributed by atoms with Crippen molar-refractivity contribution < 1.29 is 9.84 Å². The zero-order valence-corrected chi connectivity index (χ0v) is 14.1. The SMILES string of the molecule is OC(CNc1cccc(Br)c1)COc1ccc(Cl)c(Cl)c1. The average Bonchev–Trinajstić information content (AvgIpc) is 2.46. The van der Waals surface area contributed by atoms with E-state index in [1.807, 2.05) is 24.3 Å². The molecule has 0 heterocycles. The lowest BCUT2D eigenvalue weighted by molar-refractivity contribution is 0.117. The Labute approximate surface area is 142 Å². The van der Waals surface area contributed by atoms with Gasteiger partial charge in [0.2, 0.25) is 0 Å². The van der Waals surface area contributed by atoms with E-state index in [9.17, 15) is 5.11 Å². The van der Waals surface area contributed by atoms with Crippen LogP contribution in [0.25, 0.3) is 0 Å². The van der Waals surface area contributed by atoms with Gasteiger partial charge in [-0.05, 0) is 30.3 Å². The highest BCUT2D eigenvalue weighted by Crippen LogP contribution is 2.26. The second-order valence-corrected chi connectivity index (χ2v) is 6.16. The summed E-state index contributed by atoms with van der Waals surface area (Å²) in [5.41, 5.74) is 0.929. The molecule has 0 bridgehead atoms. The van der Waals surface area contributed by atoms with Crippen LogP contribution >= 0.6 is 39.1 Å². The van der Waals surface area contributed by atoms with E-state index in [1.54, 1.807) is 18.2 Å². The van der Waals surface area contributed by atoms with Crippen LogP contribution in [0.5, 0.6) is 5.75 Å². The lowest BCUT2D eigenvalue weighted by Crippen LogP contribution is -2.26. The fourth-order valence-corrected chi connectivity index (χ4v) is 2.34. The van der Waals surface area contributed by atoms with Crippen LogP contribution in [0.3, 0.4) is 0 Å². The number of aliphatic hydroxyl groups excluding tert-OH is 1. The molecule has 2 aromatic rings. The Morgan fingerprint density at radius 3 is 2.67 bits per heavy atom. The van der Waals surface area contributed by atoms with Crippen LogP contribution in [-0.4, -0.2) is 24.4 Å². The van der Waals surface area contributed by atoms with E-state index >= 15 is 0 Å². The van der Waals surface area contributed by atoms with Crippen molar-refractivity contribution in [2.75, 3.05) is 18.5 Å². The molecule has 0 aliphatic heterocycles. The molecule has 2 aromatic carbocycles. The van der Waals surface area contributed by atoms with Crippen molar-refractivity contribution in [3.05, 3.63) is 57.0 Å². The molecule has 21 heavy (non-hydrogen) atoms.